The molecule has 0 radical (unpaired) electrons. The van der Waals surface area contributed by atoms with Gasteiger partial charge in [0.1, 0.15) is 0 Å². The standard InChI is InChI=1S/C13H18N4O/c14-17-15-12-6-8-13(9-7-12)16-18-10-11-4-2-1-3-5-11/h1-5,12-13,16H,6-10H2/t12-,13+. The summed E-state index contributed by atoms with van der Waals surface area (Å²) in [6.07, 6.45) is 3.88. The van der Waals surface area contributed by atoms with Crippen LogP contribution in [0.5, 0.6) is 0 Å². The third-order valence-corrected chi connectivity index (χ3v) is 3.24. The van der Waals surface area contributed by atoms with Gasteiger partial charge in [0.2, 0.25) is 0 Å². The summed E-state index contributed by atoms with van der Waals surface area (Å²) in [6.45, 7) is 0.580. The van der Waals surface area contributed by atoms with E-state index in [9.17, 15) is 0 Å². The first-order chi connectivity index (χ1) is 8.88. The molecule has 0 amide bonds. The molecule has 96 valence electrons. The van der Waals surface area contributed by atoms with Crippen molar-refractivity contribution < 1.29 is 4.84 Å². The lowest BCUT2D eigenvalue weighted by Gasteiger charge is -2.26. The zero-order chi connectivity index (χ0) is 12.6. The Kier molecular flexibility index (Phi) is 5.02. The monoisotopic (exact) mass is 246 g/mol. The van der Waals surface area contributed by atoms with Gasteiger partial charge in [0.05, 0.1) is 6.61 Å². The first-order valence-corrected chi connectivity index (χ1v) is 6.34. The van der Waals surface area contributed by atoms with Crippen LogP contribution in [0.4, 0.5) is 0 Å². The Morgan fingerprint density at radius 2 is 1.94 bits per heavy atom. The maximum Gasteiger partial charge on any atom is 0.0933 e. The van der Waals surface area contributed by atoms with E-state index in [1.165, 1.54) is 0 Å². The molecule has 1 fully saturated rings. The quantitative estimate of drug-likeness (QED) is 0.374. The van der Waals surface area contributed by atoms with Crippen LogP contribution in [0.15, 0.2) is 35.4 Å². The number of benzene rings is 1. The van der Waals surface area contributed by atoms with Gasteiger partial charge in [-0.25, -0.2) is 0 Å². The second-order valence-electron chi connectivity index (χ2n) is 4.60. The Morgan fingerprint density at radius 3 is 2.61 bits per heavy atom. The fourth-order valence-electron chi connectivity index (χ4n) is 2.20. The third kappa shape index (κ3) is 4.04. The van der Waals surface area contributed by atoms with Gasteiger partial charge in [-0.15, -0.1) is 0 Å². The van der Waals surface area contributed by atoms with E-state index in [0.717, 1.165) is 31.2 Å². The van der Waals surface area contributed by atoms with E-state index in [0.29, 0.717) is 12.6 Å². The van der Waals surface area contributed by atoms with E-state index in [1.54, 1.807) is 0 Å². The predicted octanol–water partition coefficient (Wildman–Crippen LogP) is 3.33. The molecular formula is C13H18N4O. The van der Waals surface area contributed by atoms with E-state index in [4.69, 9.17) is 10.4 Å². The average molecular weight is 246 g/mol. The first-order valence-electron chi connectivity index (χ1n) is 6.34. The smallest absolute Gasteiger partial charge is 0.0933 e. The summed E-state index contributed by atoms with van der Waals surface area (Å²) in [7, 11) is 0. The topological polar surface area (TPSA) is 70.0 Å². The van der Waals surface area contributed by atoms with Gasteiger partial charge in [0.25, 0.3) is 0 Å². The van der Waals surface area contributed by atoms with Crippen molar-refractivity contribution in [2.45, 2.75) is 44.4 Å². The molecule has 0 unspecified atom stereocenters. The number of hydrogen-bond donors (Lipinski definition) is 1. The molecule has 5 nitrogen and oxygen atoms in total. The van der Waals surface area contributed by atoms with Crippen LogP contribution in [0.2, 0.25) is 0 Å². The molecule has 1 aliphatic carbocycles. The van der Waals surface area contributed by atoms with Gasteiger partial charge in [0, 0.05) is 17.0 Å². The fraction of sp³-hybridized carbons (Fsp3) is 0.538. The fourth-order valence-corrected chi connectivity index (χ4v) is 2.20. The molecule has 2 rings (SSSR count). The van der Waals surface area contributed by atoms with Gasteiger partial charge in [-0.2, -0.15) is 5.48 Å². The maximum absolute atomic E-state index is 8.37. The Balaban J connectivity index is 1.65. The lowest BCUT2D eigenvalue weighted by molar-refractivity contribution is -0.00561. The van der Waals surface area contributed by atoms with Crippen molar-refractivity contribution in [1.82, 2.24) is 5.48 Å². The van der Waals surface area contributed by atoms with Crippen LogP contribution in [0.1, 0.15) is 31.2 Å². The summed E-state index contributed by atoms with van der Waals surface area (Å²) in [5.74, 6) is 0. The molecule has 1 saturated carbocycles. The first kappa shape index (κ1) is 12.9. The van der Waals surface area contributed by atoms with Gasteiger partial charge in [-0.1, -0.05) is 35.4 Å². The highest BCUT2D eigenvalue weighted by Gasteiger charge is 2.19. The third-order valence-electron chi connectivity index (χ3n) is 3.24. The van der Waals surface area contributed by atoms with E-state index in [2.05, 4.69) is 15.5 Å². The zero-order valence-electron chi connectivity index (χ0n) is 10.3. The Hall–Kier alpha value is -1.55. The maximum atomic E-state index is 8.37. The molecular weight excluding hydrogens is 228 g/mol. The van der Waals surface area contributed by atoms with Crippen molar-refractivity contribution in [2.24, 2.45) is 5.11 Å². The molecule has 0 spiro atoms. The zero-order valence-corrected chi connectivity index (χ0v) is 10.3. The normalized spacial score (nSPS) is 23.3. The molecule has 0 saturated heterocycles. The van der Waals surface area contributed by atoms with Gasteiger partial charge >= 0.3 is 0 Å². The number of azide groups is 1. The predicted molar refractivity (Wildman–Crippen MR) is 69.6 cm³/mol. The number of nitrogens with zero attached hydrogens (tertiary/aromatic N) is 3. The summed E-state index contributed by atoms with van der Waals surface area (Å²) in [6, 6.07) is 10.6. The lowest BCUT2D eigenvalue weighted by Crippen LogP contribution is -2.34. The van der Waals surface area contributed by atoms with Crippen molar-refractivity contribution in [3.8, 4) is 0 Å². The Labute approximate surface area is 107 Å². The van der Waals surface area contributed by atoms with Crippen molar-refractivity contribution in [1.29, 1.82) is 0 Å². The molecule has 1 aromatic rings. The van der Waals surface area contributed by atoms with Crippen molar-refractivity contribution in [2.75, 3.05) is 0 Å². The molecule has 5 heteroatoms. The van der Waals surface area contributed by atoms with Crippen molar-refractivity contribution in [3.63, 3.8) is 0 Å². The van der Waals surface area contributed by atoms with Crippen LogP contribution in [0, 0.1) is 0 Å². The minimum atomic E-state index is 0.169. The van der Waals surface area contributed by atoms with Gasteiger partial charge in [-0.3, -0.25) is 4.84 Å². The molecule has 1 aliphatic rings. The van der Waals surface area contributed by atoms with Crippen LogP contribution in [-0.2, 0) is 11.4 Å². The Bertz CT molecular complexity index is 395. The van der Waals surface area contributed by atoms with Crippen molar-refractivity contribution in [3.05, 3.63) is 46.3 Å². The van der Waals surface area contributed by atoms with E-state index >= 15 is 0 Å². The Morgan fingerprint density at radius 1 is 1.22 bits per heavy atom. The summed E-state index contributed by atoms with van der Waals surface area (Å²) in [5.41, 5.74) is 12.6. The molecule has 1 aromatic carbocycles. The molecule has 0 bridgehead atoms. The molecule has 0 heterocycles. The van der Waals surface area contributed by atoms with E-state index in [1.807, 2.05) is 30.3 Å². The average Bonchev–Trinajstić information content (AvgIpc) is 2.42. The van der Waals surface area contributed by atoms with Crippen LogP contribution in [0.3, 0.4) is 0 Å². The highest BCUT2D eigenvalue weighted by molar-refractivity contribution is 5.13. The number of rotatable bonds is 5. The number of hydrogen-bond acceptors (Lipinski definition) is 3. The van der Waals surface area contributed by atoms with Crippen LogP contribution in [-0.4, -0.2) is 12.1 Å². The highest BCUT2D eigenvalue weighted by atomic mass is 16.6. The van der Waals surface area contributed by atoms with Gasteiger partial charge < -0.3 is 0 Å². The SMILES string of the molecule is [N-]=[N+]=N[C@H]1CC[C@@H](NOCc2ccccc2)CC1. The summed E-state index contributed by atoms with van der Waals surface area (Å²) in [4.78, 5) is 8.36. The molecule has 0 aliphatic heterocycles. The van der Waals surface area contributed by atoms with Crippen LogP contribution in [0.25, 0.3) is 10.4 Å². The van der Waals surface area contributed by atoms with Crippen LogP contribution < -0.4 is 5.48 Å². The minimum Gasteiger partial charge on any atom is -0.297 e. The summed E-state index contributed by atoms with van der Waals surface area (Å²) < 4.78 is 0. The highest BCUT2D eigenvalue weighted by Crippen LogP contribution is 2.21. The second kappa shape index (κ2) is 7.01. The lowest BCUT2D eigenvalue weighted by atomic mass is 9.92. The molecule has 18 heavy (non-hydrogen) atoms. The largest absolute Gasteiger partial charge is 0.297 e. The molecule has 0 aromatic heterocycles. The minimum absolute atomic E-state index is 0.169. The van der Waals surface area contributed by atoms with E-state index in [-0.39, 0.29) is 6.04 Å². The summed E-state index contributed by atoms with van der Waals surface area (Å²) >= 11 is 0. The molecule has 1 N–H and O–H groups in total. The van der Waals surface area contributed by atoms with Crippen LogP contribution >= 0.6 is 0 Å². The van der Waals surface area contributed by atoms with Gasteiger partial charge in [-0.05, 0) is 36.8 Å². The number of nitrogens with one attached hydrogen (secondary N) is 1. The summed E-state index contributed by atoms with van der Waals surface area (Å²) in [5, 5.41) is 3.76. The molecule has 0 atom stereocenters. The van der Waals surface area contributed by atoms with Crippen molar-refractivity contribution >= 4 is 0 Å². The van der Waals surface area contributed by atoms with Gasteiger partial charge in [0.15, 0.2) is 0 Å². The number of hydroxylamine groups is 1. The van der Waals surface area contributed by atoms with E-state index < -0.39 is 0 Å². The second-order valence-corrected chi connectivity index (χ2v) is 4.60.